The molecule has 0 spiro atoms. The number of benzene rings is 1. The van der Waals surface area contributed by atoms with Gasteiger partial charge in [0, 0.05) is 26.8 Å². The summed E-state index contributed by atoms with van der Waals surface area (Å²) in [5.74, 6) is -2.90. The number of phenolic OH excluding ortho intramolecular Hbond substituents is 1. The lowest BCUT2D eigenvalue weighted by molar-refractivity contribution is 0.395. The Hall–Kier alpha value is -2.37. The van der Waals surface area contributed by atoms with E-state index in [4.69, 9.17) is 5.11 Å². The van der Waals surface area contributed by atoms with Crippen LogP contribution in [0.15, 0.2) is 30.6 Å². The molecule has 0 fully saturated rings. The highest BCUT2D eigenvalue weighted by atomic mass is 19.1. The zero-order valence-electron chi connectivity index (χ0n) is 11.2. The lowest BCUT2D eigenvalue weighted by Gasteiger charge is -2.18. The first-order valence-electron chi connectivity index (χ1n) is 6.01. The van der Waals surface area contributed by atoms with Crippen molar-refractivity contribution >= 4 is 11.4 Å². The summed E-state index contributed by atoms with van der Waals surface area (Å²) in [4.78, 5) is 5.92. The van der Waals surface area contributed by atoms with Crippen LogP contribution >= 0.6 is 0 Å². The van der Waals surface area contributed by atoms with Gasteiger partial charge in [0.1, 0.15) is 0 Å². The Labute approximate surface area is 115 Å². The maximum absolute atomic E-state index is 13.2. The second kappa shape index (κ2) is 5.73. The van der Waals surface area contributed by atoms with Crippen LogP contribution in [0.2, 0.25) is 0 Å². The summed E-state index contributed by atoms with van der Waals surface area (Å²) in [6.07, 6.45) is 3.31. The summed E-state index contributed by atoms with van der Waals surface area (Å²) in [6.45, 7) is 0.223. The van der Waals surface area contributed by atoms with E-state index in [0.717, 1.165) is 23.5 Å². The minimum absolute atomic E-state index is 0.223. The first-order valence-corrected chi connectivity index (χ1v) is 6.01. The van der Waals surface area contributed by atoms with E-state index in [1.165, 1.54) is 0 Å². The monoisotopic (exact) mass is 279 g/mol. The SMILES string of the molecule is CN(C)c1ccncc1NCc1cc(F)c(O)c(F)c1. The van der Waals surface area contributed by atoms with Crippen LogP contribution in [0.5, 0.6) is 5.75 Å². The van der Waals surface area contributed by atoms with E-state index in [0.29, 0.717) is 5.56 Å². The van der Waals surface area contributed by atoms with E-state index in [-0.39, 0.29) is 6.54 Å². The van der Waals surface area contributed by atoms with Crippen LogP contribution in [0.1, 0.15) is 5.56 Å². The third-order valence-corrected chi connectivity index (χ3v) is 2.84. The quantitative estimate of drug-likeness (QED) is 0.903. The number of phenols is 1. The van der Waals surface area contributed by atoms with Crippen LogP contribution in [0.3, 0.4) is 0 Å². The van der Waals surface area contributed by atoms with Gasteiger partial charge in [-0.25, -0.2) is 8.78 Å². The van der Waals surface area contributed by atoms with Crippen LogP contribution in [-0.4, -0.2) is 24.2 Å². The Kier molecular flexibility index (Phi) is 4.02. The molecule has 0 amide bonds. The van der Waals surface area contributed by atoms with Gasteiger partial charge in [-0.3, -0.25) is 4.98 Å². The third kappa shape index (κ3) is 2.96. The molecular weight excluding hydrogens is 264 g/mol. The molecule has 0 saturated carbocycles. The molecule has 0 aliphatic heterocycles. The highest BCUT2D eigenvalue weighted by Crippen LogP contribution is 2.25. The first kappa shape index (κ1) is 14.0. The van der Waals surface area contributed by atoms with E-state index in [1.807, 2.05) is 25.1 Å². The molecular formula is C14H15F2N3O. The van der Waals surface area contributed by atoms with Crippen molar-refractivity contribution in [3.05, 3.63) is 47.8 Å². The zero-order valence-corrected chi connectivity index (χ0v) is 11.2. The van der Waals surface area contributed by atoms with E-state index >= 15 is 0 Å². The van der Waals surface area contributed by atoms with Gasteiger partial charge in [-0.15, -0.1) is 0 Å². The highest BCUT2D eigenvalue weighted by molar-refractivity contribution is 5.68. The van der Waals surface area contributed by atoms with Gasteiger partial charge < -0.3 is 15.3 Å². The van der Waals surface area contributed by atoms with Crippen LogP contribution in [0, 0.1) is 11.6 Å². The van der Waals surface area contributed by atoms with E-state index < -0.39 is 17.4 Å². The maximum atomic E-state index is 13.2. The molecule has 0 bridgehead atoms. The van der Waals surface area contributed by atoms with Gasteiger partial charge in [0.2, 0.25) is 0 Å². The van der Waals surface area contributed by atoms with Gasteiger partial charge in [0.25, 0.3) is 0 Å². The van der Waals surface area contributed by atoms with Gasteiger partial charge >= 0.3 is 0 Å². The fourth-order valence-electron chi connectivity index (χ4n) is 1.83. The molecule has 1 heterocycles. The summed E-state index contributed by atoms with van der Waals surface area (Å²) in [6, 6.07) is 4.02. The van der Waals surface area contributed by atoms with E-state index in [1.54, 1.807) is 12.4 Å². The molecule has 0 radical (unpaired) electrons. The predicted octanol–water partition coefficient (Wildman–Crippen LogP) is 2.74. The summed E-state index contributed by atoms with van der Waals surface area (Å²) in [5, 5.41) is 12.1. The van der Waals surface area contributed by atoms with Crippen LogP contribution in [-0.2, 0) is 6.54 Å². The van der Waals surface area contributed by atoms with Crippen molar-refractivity contribution in [2.45, 2.75) is 6.54 Å². The largest absolute Gasteiger partial charge is 0.503 e. The molecule has 0 saturated heterocycles. The van der Waals surface area contributed by atoms with Crippen LogP contribution < -0.4 is 10.2 Å². The van der Waals surface area contributed by atoms with Crippen molar-refractivity contribution in [3.8, 4) is 5.75 Å². The lowest BCUT2D eigenvalue weighted by Crippen LogP contribution is -2.12. The van der Waals surface area contributed by atoms with Crippen molar-refractivity contribution < 1.29 is 13.9 Å². The molecule has 0 atom stereocenters. The van der Waals surface area contributed by atoms with Gasteiger partial charge in [-0.1, -0.05) is 0 Å². The predicted molar refractivity (Wildman–Crippen MR) is 73.9 cm³/mol. The minimum Gasteiger partial charge on any atom is -0.503 e. The number of anilines is 2. The summed E-state index contributed by atoms with van der Waals surface area (Å²) >= 11 is 0. The molecule has 2 aromatic rings. The van der Waals surface area contributed by atoms with E-state index in [2.05, 4.69) is 10.3 Å². The smallest absolute Gasteiger partial charge is 0.187 e. The van der Waals surface area contributed by atoms with Gasteiger partial charge in [-0.05, 0) is 23.8 Å². The minimum atomic E-state index is -0.971. The molecule has 0 unspecified atom stereocenters. The molecule has 6 heteroatoms. The number of aromatic hydroxyl groups is 1. The van der Waals surface area contributed by atoms with Crippen molar-refractivity contribution in [1.29, 1.82) is 0 Å². The Balaban J connectivity index is 2.17. The summed E-state index contributed by atoms with van der Waals surface area (Å²) in [5.41, 5.74) is 2.07. The lowest BCUT2D eigenvalue weighted by atomic mass is 10.2. The normalized spacial score (nSPS) is 10.4. The average Bonchev–Trinajstić information content (AvgIpc) is 2.42. The molecule has 0 aliphatic rings. The molecule has 2 N–H and O–H groups in total. The molecule has 20 heavy (non-hydrogen) atoms. The van der Waals surface area contributed by atoms with Crippen molar-refractivity contribution in [2.75, 3.05) is 24.3 Å². The van der Waals surface area contributed by atoms with Crippen molar-refractivity contribution in [1.82, 2.24) is 4.98 Å². The highest BCUT2D eigenvalue weighted by Gasteiger charge is 2.10. The van der Waals surface area contributed by atoms with Gasteiger partial charge in [0.05, 0.1) is 17.6 Å². The standard InChI is InChI=1S/C14H15F2N3O/c1-19(2)13-3-4-17-8-12(13)18-7-9-5-10(15)14(20)11(16)6-9/h3-6,8,18,20H,7H2,1-2H3. The number of hydrogen-bond donors (Lipinski definition) is 2. The van der Waals surface area contributed by atoms with Crippen LogP contribution in [0.4, 0.5) is 20.2 Å². The first-order chi connectivity index (χ1) is 9.49. The molecule has 106 valence electrons. The topological polar surface area (TPSA) is 48.4 Å². The van der Waals surface area contributed by atoms with Gasteiger partial charge in [0.15, 0.2) is 17.4 Å². The number of nitrogens with zero attached hydrogens (tertiary/aromatic N) is 2. The molecule has 1 aromatic carbocycles. The fourth-order valence-corrected chi connectivity index (χ4v) is 1.83. The van der Waals surface area contributed by atoms with Crippen molar-refractivity contribution in [2.24, 2.45) is 0 Å². The maximum Gasteiger partial charge on any atom is 0.187 e. The molecule has 0 aliphatic carbocycles. The van der Waals surface area contributed by atoms with Crippen molar-refractivity contribution in [3.63, 3.8) is 0 Å². The Bertz CT molecular complexity index is 594. The second-order valence-corrected chi connectivity index (χ2v) is 4.55. The molecule has 4 nitrogen and oxygen atoms in total. The molecule has 2 rings (SSSR count). The number of rotatable bonds is 4. The fraction of sp³-hybridized carbons (Fsp3) is 0.214. The molecule has 1 aromatic heterocycles. The van der Waals surface area contributed by atoms with Gasteiger partial charge in [-0.2, -0.15) is 0 Å². The second-order valence-electron chi connectivity index (χ2n) is 4.55. The Morgan fingerprint density at radius 2 is 1.90 bits per heavy atom. The van der Waals surface area contributed by atoms with E-state index in [9.17, 15) is 8.78 Å². The Morgan fingerprint density at radius 3 is 2.50 bits per heavy atom. The summed E-state index contributed by atoms with van der Waals surface area (Å²) < 4.78 is 26.5. The summed E-state index contributed by atoms with van der Waals surface area (Å²) in [7, 11) is 3.78. The number of nitrogens with one attached hydrogen (secondary N) is 1. The average molecular weight is 279 g/mol. The number of aromatic nitrogens is 1. The number of halogens is 2. The zero-order chi connectivity index (χ0) is 14.7. The number of hydrogen-bond acceptors (Lipinski definition) is 4. The third-order valence-electron chi connectivity index (χ3n) is 2.84. The Morgan fingerprint density at radius 1 is 1.25 bits per heavy atom. The number of pyridine rings is 1. The van der Waals surface area contributed by atoms with Crippen LogP contribution in [0.25, 0.3) is 0 Å².